The first-order valence-electron chi connectivity index (χ1n) is 6.85. The van der Waals surface area contributed by atoms with Crippen molar-refractivity contribution in [2.45, 2.75) is 19.9 Å². The summed E-state index contributed by atoms with van der Waals surface area (Å²) < 4.78 is 1.69. The van der Waals surface area contributed by atoms with E-state index in [0.717, 1.165) is 16.5 Å². The molecular formula is C17H15ClN2O. The van der Waals surface area contributed by atoms with E-state index in [4.69, 9.17) is 11.6 Å². The SMILES string of the molecule is CC(C)n1c(=O)nc(-c2ccccc2)c2cc(Cl)ccc21. The molecule has 0 saturated carbocycles. The van der Waals surface area contributed by atoms with Crippen LogP contribution in [0.3, 0.4) is 0 Å². The second kappa shape index (κ2) is 5.34. The van der Waals surface area contributed by atoms with Gasteiger partial charge in [0.25, 0.3) is 0 Å². The fourth-order valence-electron chi connectivity index (χ4n) is 2.54. The van der Waals surface area contributed by atoms with Gasteiger partial charge in [0, 0.05) is 22.0 Å². The third-order valence-electron chi connectivity index (χ3n) is 3.45. The van der Waals surface area contributed by atoms with Crippen molar-refractivity contribution in [3.05, 3.63) is 64.0 Å². The standard InChI is InChI=1S/C17H15ClN2O/c1-11(2)20-15-9-8-13(18)10-14(15)16(19-17(20)21)12-6-4-3-5-7-12/h3-11H,1-2H3. The number of rotatable bonds is 2. The second-order valence-electron chi connectivity index (χ2n) is 5.23. The van der Waals surface area contributed by atoms with Crippen molar-refractivity contribution in [3.8, 4) is 11.3 Å². The van der Waals surface area contributed by atoms with Crippen molar-refractivity contribution in [2.75, 3.05) is 0 Å². The van der Waals surface area contributed by atoms with E-state index in [-0.39, 0.29) is 11.7 Å². The van der Waals surface area contributed by atoms with Crippen molar-refractivity contribution in [3.63, 3.8) is 0 Å². The van der Waals surface area contributed by atoms with Crippen molar-refractivity contribution in [2.24, 2.45) is 0 Å². The minimum Gasteiger partial charge on any atom is -0.289 e. The van der Waals surface area contributed by atoms with Crippen LogP contribution in [0, 0.1) is 0 Å². The Labute approximate surface area is 127 Å². The van der Waals surface area contributed by atoms with Crippen LogP contribution in [0.5, 0.6) is 0 Å². The molecule has 0 spiro atoms. The van der Waals surface area contributed by atoms with E-state index in [0.29, 0.717) is 10.7 Å². The van der Waals surface area contributed by atoms with Crippen LogP contribution in [0.1, 0.15) is 19.9 Å². The fraction of sp³-hybridized carbons (Fsp3) is 0.176. The maximum Gasteiger partial charge on any atom is 0.348 e. The van der Waals surface area contributed by atoms with Gasteiger partial charge in [0.2, 0.25) is 0 Å². The Balaban J connectivity index is 2.44. The number of fused-ring (bicyclic) bond motifs is 1. The summed E-state index contributed by atoms with van der Waals surface area (Å²) in [4.78, 5) is 16.7. The predicted molar refractivity (Wildman–Crippen MR) is 86.8 cm³/mol. The topological polar surface area (TPSA) is 34.9 Å². The van der Waals surface area contributed by atoms with Gasteiger partial charge in [-0.25, -0.2) is 4.79 Å². The molecule has 2 aromatic carbocycles. The largest absolute Gasteiger partial charge is 0.348 e. The summed E-state index contributed by atoms with van der Waals surface area (Å²) in [7, 11) is 0. The Hall–Kier alpha value is -2.13. The molecule has 21 heavy (non-hydrogen) atoms. The van der Waals surface area contributed by atoms with Crippen molar-refractivity contribution < 1.29 is 0 Å². The highest BCUT2D eigenvalue weighted by Gasteiger charge is 2.14. The number of hydrogen-bond donors (Lipinski definition) is 0. The predicted octanol–water partition coefficient (Wildman–Crippen LogP) is 4.30. The van der Waals surface area contributed by atoms with E-state index >= 15 is 0 Å². The number of hydrogen-bond acceptors (Lipinski definition) is 2. The monoisotopic (exact) mass is 298 g/mol. The molecule has 0 atom stereocenters. The van der Waals surface area contributed by atoms with E-state index < -0.39 is 0 Å². The van der Waals surface area contributed by atoms with E-state index in [1.165, 1.54) is 0 Å². The van der Waals surface area contributed by atoms with Gasteiger partial charge in [-0.2, -0.15) is 4.98 Å². The summed E-state index contributed by atoms with van der Waals surface area (Å²) in [5.41, 5.74) is 2.21. The van der Waals surface area contributed by atoms with Crippen LogP contribution in [-0.2, 0) is 0 Å². The Kier molecular flexibility index (Phi) is 3.52. The van der Waals surface area contributed by atoms with Crippen molar-refractivity contribution in [1.82, 2.24) is 9.55 Å². The third kappa shape index (κ3) is 2.45. The zero-order chi connectivity index (χ0) is 15.0. The summed E-state index contributed by atoms with van der Waals surface area (Å²) in [6, 6.07) is 15.3. The molecule has 1 aromatic heterocycles. The quantitative estimate of drug-likeness (QED) is 0.707. The van der Waals surface area contributed by atoms with Gasteiger partial charge in [0.1, 0.15) is 0 Å². The lowest BCUT2D eigenvalue weighted by atomic mass is 10.1. The summed E-state index contributed by atoms with van der Waals surface area (Å²) >= 11 is 6.13. The van der Waals surface area contributed by atoms with Crippen LogP contribution >= 0.6 is 11.6 Å². The molecule has 4 heteroatoms. The molecule has 0 bridgehead atoms. The van der Waals surface area contributed by atoms with Crippen LogP contribution < -0.4 is 5.69 Å². The Morgan fingerprint density at radius 1 is 1.10 bits per heavy atom. The van der Waals surface area contributed by atoms with E-state index in [9.17, 15) is 4.79 Å². The molecule has 0 saturated heterocycles. The van der Waals surface area contributed by atoms with Crippen LogP contribution in [-0.4, -0.2) is 9.55 Å². The maximum atomic E-state index is 12.4. The van der Waals surface area contributed by atoms with Gasteiger partial charge in [-0.3, -0.25) is 4.57 Å². The summed E-state index contributed by atoms with van der Waals surface area (Å²) in [5.74, 6) is 0. The van der Waals surface area contributed by atoms with Gasteiger partial charge in [-0.1, -0.05) is 41.9 Å². The van der Waals surface area contributed by atoms with Crippen LogP contribution in [0.2, 0.25) is 5.02 Å². The molecule has 0 aliphatic heterocycles. The number of halogens is 1. The molecule has 1 heterocycles. The molecule has 3 rings (SSSR count). The first-order chi connectivity index (χ1) is 10.1. The minimum atomic E-state index is -0.237. The Morgan fingerprint density at radius 2 is 1.81 bits per heavy atom. The van der Waals surface area contributed by atoms with Gasteiger partial charge in [-0.05, 0) is 32.0 Å². The smallest absolute Gasteiger partial charge is 0.289 e. The number of aromatic nitrogens is 2. The normalized spacial score (nSPS) is 11.2. The number of nitrogens with zero attached hydrogens (tertiary/aromatic N) is 2. The van der Waals surface area contributed by atoms with Crippen LogP contribution in [0.15, 0.2) is 53.3 Å². The van der Waals surface area contributed by atoms with Gasteiger partial charge in [-0.15, -0.1) is 0 Å². The van der Waals surface area contributed by atoms with Gasteiger partial charge in [0.15, 0.2) is 0 Å². The minimum absolute atomic E-state index is 0.0403. The lowest BCUT2D eigenvalue weighted by Gasteiger charge is -2.15. The lowest BCUT2D eigenvalue weighted by molar-refractivity contribution is 0.587. The van der Waals surface area contributed by atoms with Gasteiger partial charge in [0.05, 0.1) is 11.2 Å². The van der Waals surface area contributed by atoms with Gasteiger partial charge >= 0.3 is 5.69 Å². The molecule has 0 fully saturated rings. The Bertz CT molecular complexity index is 854. The molecule has 106 valence electrons. The van der Waals surface area contributed by atoms with Gasteiger partial charge < -0.3 is 0 Å². The molecule has 0 aliphatic rings. The molecule has 0 radical (unpaired) electrons. The summed E-state index contributed by atoms with van der Waals surface area (Å²) in [6.45, 7) is 3.94. The van der Waals surface area contributed by atoms with Crippen LogP contribution in [0.25, 0.3) is 22.2 Å². The molecular weight excluding hydrogens is 284 g/mol. The third-order valence-corrected chi connectivity index (χ3v) is 3.69. The first-order valence-corrected chi connectivity index (χ1v) is 7.23. The van der Waals surface area contributed by atoms with Crippen LogP contribution in [0.4, 0.5) is 0 Å². The highest BCUT2D eigenvalue weighted by molar-refractivity contribution is 6.31. The highest BCUT2D eigenvalue weighted by atomic mass is 35.5. The van der Waals surface area contributed by atoms with E-state index in [2.05, 4.69) is 4.98 Å². The molecule has 0 aliphatic carbocycles. The molecule has 0 amide bonds. The number of benzene rings is 2. The molecule has 3 nitrogen and oxygen atoms in total. The fourth-order valence-corrected chi connectivity index (χ4v) is 2.71. The Morgan fingerprint density at radius 3 is 2.48 bits per heavy atom. The lowest BCUT2D eigenvalue weighted by Crippen LogP contribution is -2.25. The average Bonchev–Trinajstić information content (AvgIpc) is 2.47. The average molecular weight is 299 g/mol. The van der Waals surface area contributed by atoms with Crippen molar-refractivity contribution in [1.29, 1.82) is 0 Å². The van der Waals surface area contributed by atoms with Crippen molar-refractivity contribution >= 4 is 22.5 Å². The maximum absolute atomic E-state index is 12.4. The first kappa shape index (κ1) is 13.8. The zero-order valence-electron chi connectivity index (χ0n) is 11.9. The van der Waals surface area contributed by atoms with E-state index in [1.807, 2.05) is 56.3 Å². The highest BCUT2D eigenvalue weighted by Crippen LogP contribution is 2.28. The summed E-state index contributed by atoms with van der Waals surface area (Å²) in [6.07, 6.45) is 0. The molecule has 0 N–H and O–H groups in total. The zero-order valence-corrected chi connectivity index (χ0v) is 12.6. The second-order valence-corrected chi connectivity index (χ2v) is 5.67. The molecule has 3 aromatic rings. The molecule has 0 unspecified atom stereocenters. The van der Waals surface area contributed by atoms with E-state index in [1.54, 1.807) is 10.6 Å². The summed E-state index contributed by atoms with van der Waals surface area (Å²) in [5, 5.41) is 1.53.